The lowest BCUT2D eigenvalue weighted by atomic mass is 10.2. The van der Waals surface area contributed by atoms with E-state index in [0.29, 0.717) is 32.0 Å². The van der Waals surface area contributed by atoms with Crippen LogP contribution in [0, 0.1) is 0 Å². The second kappa shape index (κ2) is 11.6. The molecule has 0 saturated heterocycles. The van der Waals surface area contributed by atoms with E-state index in [1.54, 1.807) is 26.2 Å². The van der Waals surface area contributed by atoms with Crippen LogP contribution in [0.2, 0.25) is 0 Å². The summed E-state index contributed by atoms with van der Waals surface area (Å²) in [5.41, 5.74) is 2.09. The monoisotopic (exact) mass is 398 g/mol. The molecule has 0 bridgehead atoms. The molecule has 156 valence electrons. The van der Waals surface area contributed by atoms with E-state index in [1.165, 1.54) is 0 Å². The summed E-state index contributed by atoms with van der Waals surface area (Å²) in [5, 5.41) is 6.41. The van der Waals surface area contributed by atoms with Gasteiger partial charge >= 0.3 is 0 Å². The summed E-state index contributed by atoms with van der Waals surface area (Å²) in [4.78, 5) is 18.3. The average molecular weight is 399 g/mol. The lowest BCUT2D eigenvalue weighted by Gasteiger charge is -2.18. The topological polar surface area (TPSA) is 75.2 Å². The molecule has 29 heavy (non-hydrogen) atoms. The number of aliphatic imine (C=N–C) groups is 1. The zero-order valence-corrected chi connectivity index (χ0v) is 17.6. The molecule has 0 spiro atoms. The molecule has 7 heteroatoms. The van der Waals surface area contributed by atoms with Gasteiger partial charge in [-0.15, -0.1) is 0 Å². The summed E-state index contributed by atoms with van der Waals surface area (Å²) in [6.07, 6.45) is 0.385. The predicted octanol–water partition coefficient (Wildman–Crippen LogP) is 2.42. The number of benzene rings is 2. The Bertz CT molecular complexity index is 809. The molecule has 0 saturated carbocycles. The minimum atomic E-state index is 0.0774. The first-order valence-electron chi connectivity index (χ1n) is 9.50. The van der Waals surface area contributed by atoms with E-state index in [0.717, 1.165) is 22.6 Å². The first-order chi connectivity index (χ1) is 14.1. The van der Waals surface area contributed by atoms with Gasteiger partial charge in [-0.3, -0.25) is 9.79 Å². The Morgan fingerprint density at radius 2 is 1.83 bits per heavy atom. The molecule has 0 aliphatic carbocycles. The molecule has 7 nitrogen and oxygen atoms in total. The Balaban J connectivity index is 1.78. The van der Waals surface area contributed by atoms with Crippen LogP contribution in [0.4, 0.5) is 0 Å². The van der Waals surface area contributed by atoms with E-state index in [2.05, 4.69) is 15.6 Å². The molecule has 0 aromatic heterocycles. The summed E-state index contributed by atoms with van der Waals surface area (Å²) < 4.78 is 10.6. The maximum atomic E-state index is 12.3. The van der Waals surface area contributed by atoms with Crippen molar-refractivity contribution in [3.63, 3.8) is 0 Å². The Labute approximate surface area is 172 Å². The molecule has 0 heterocycles. The van der Waals surface area contributed by atoms with E-state index in [-0.39, 0.29) is 5.91 Å². The van der Waals surface area contributed by atoms with E-state index >= 15 is 0 Å². The minimum absolute atomic E-state index is 0.0774. The number of guanidine groups is 1. The van der Waals surface area contributed by atoms with Crippen molar-refractivity contribution in [3.8, 4) is 11.5 Å². The third-order valence-corrected chi connectivity index (χ3v) is 4.48. The molecule has 0 aliphatic heterocycles. The second-order valence-electron chi connectivity index (χ2n) is 6.52. The highest BCUT2D eigenvalue weighted by atomic mass is 16.5. The van der Waals surface area contributed by atoms with Crippen LogP contribution in [0.1, 0.15) is 17.5 Å². The molecular formula is C22H30N4O3. The molecule has 2 aromatic rings. The molecule has 0 radical (unpaired) electrons. The number of rotatable bonds is 9. The normalized spacial score (nSPS) is 11.0. The van der Waals surface area contributed by atoms with Gasteiger partial charge in [0.1, 0.15) is 11.5 Å². The third kappa shape index (κ3) is 7.03. The van der Waals surface area contributed by atoms with E-state index in [1.807, 2.05) is 55.6 Å². The van der Waals surface area contributed by atoms with Crippen molar-refractivity contribution in [1.82, 2.24) is 15.5 Å². The maximum Gasteiger partial charge on any atom is 0.224 e. The summed E-state index contributed by atoms with van der Waals surface area (Å²) >= 11 is 0. The summed E-state index contributed by atoms with van der Waals surface area (Å²) in [5.74, 6) is 2.19. The fraction of sp³-hybridized carbons (Fsp3) is 0.364. The molecule has 2 N–H and O–H groups in total. The summed E-state index contributed by atoms with van der Waals surface area (Å²) in [7, 11) is 6.77. The molecule has 0 unspecified atom stereocenters. The van der Waals surface area contributed by atoms with Crippen LogP contribution < -0.4 is 20.1 Å². The number of hydrogen-bond acceptors (Lipinski definition) is 4. The van der Waals surface area contributed by atoms with Crippen LogP contribution in [0.3, 0.4) is 0 Å². The predicted molar refractivity (Wildman–Crippen MR) is 115 cm³/mol. The lowest BCUT2D eigenvalue weighted by molar-refractivity contribution is -0.130. The first-order valence-corrected chi connectivity index (χ1v) is 9.50. The SMILES string of the molecule is CN=C(NCCC(=O)N(C)Cc1ccccc1)NCc1ccc(OC)cc1OC. The zero-order chi connectivity index (χ0) is 21.1. The largest absolute Gasteiger partial charge is 0.497 e. The number of nitrogens with zero attached hydrogens (tertiary/aromatic N) is 2. The standard InChI is InChI=1S/C22H30N4O3/c1-23-22(25-15-18-10-11-19(28-3)14-20(18)29-4)24-13-12-21(27)26(2)16-17-8-6-5-7-9-17/h5-11,14H,12-13,15-16H2,1-4H3,(H2,23,24,25). The van der Waals surface area contributed by atoms with Crippen molar-refractivity contribution in [2.45, 2.75) is 19.5 Å². The first kappa shape index (κ1) is 22.1. The van der Waals surface area contributed by atoms with Gasteiger partial charge in [-0.1, -0.05) is 30.3 Å². The molecule has 2 rings (SSSR count). The number of ether oxygens (including phenoxy) is 2. The molecule has 0 aliphatic rings. The fourth-order valence-corrected chi connectivity index (χ4v) is 2.82. The van der Waals surface area contributed by atoms with Crippen LogP contribution in [-0.4, -0.2) is 51.6 Å². The van der Waals surface area contributed by atoms with Gasteiger partial charge in [-0.2, -0.15) is 0 Å². The van der Waals surface area contributed by atoms with Crippen molar-refractivity contribution in [2.75, 3.05) is 34.9 Å². The molecule has 1 amide bonds. The van der Waals surface area contributed by atoms with Gasteiger partial charge in [-0.05, 0) is 17.7 Å². The molecule has 0 fully saturated rings. The number of nitrogens with one attached hydrogen (secondary N) is 2. The third-order valence-electron chi connectivity index (χ3n) is 4.48. The van der Waals surface area contributed by atoms with Gasteiger partial charge in [-0.25, -0.2) is 0 Å². The average Bonchev–Trinajstić information content (AvgIpc) is 2.76. The molecule has 2 aromatic carbocycles. The number of amides is 1. The van der Waals surface area contributed by atoms with Crippen molar-refractivity contribution in [2.24, 2.45) is 4.99 Å². The van der Waals surface area contributed by atoms with Gasteiger partial charge in [0.05, 0.1) is 14.2 Å². The van der Waals surface area contributed by atoms with Crippen LogP contribution in [0.25, 0.3) is 0 Å². The Morgan fingerprint density at radius 3 is 2.48 bits per heavy atom. The van der Waals surface area contributed by atoms with E-state index in [9.17, 15) is 4.79 Å². The quantitative estimate of drug-likeness (QED) is 0.501. The van der Waals surface area contributed by atoms with Crippen molar-refractivity contribution in [3.05, 3.63) is 59.7 Å². The van der Waals surface area contributed by atoms with Gasteiger partial charge in [0, 0.05) is 51.8 Å². The highest BCUT2D eigenvalue weighted by molar-refractivity contribution is 5.81. The maximum absolute atomic E-state index is 12.3. The van der Waals surface area contributed by atoms with Gasteiger partial charge < -0.3 is 25.0 Å². The van der Waals surface area contributed by atoms with E-state index < -0.39 is 0 Å². The summed E-state index contributed by atoms with van der Waals surface area (Å²) in [6.45, 7) is 1.63. The molecular weight excluding hydrogens is 368 g/mol. The van der Waals surface area contributed by atoms with Crippen LogP contribution in [0.5, 0.6) is 11.5 Å². The number of methoxy groups -OCH3 is 2. The van der Waals surface area contributed by atoms with Gasteiger partial charge in [0.2, 0.25) is 5.91 Å². The fourth-order valence-electron chi connectivity index (χ4n) is 2.82. The number of hydrogen-bond donors (Lipinski definition) is 2. The Kier molecular flexibility index (Phi) is 8.82. The Morgan fingerprint density at radius 1 is 1.07 bits per heavy atom. The van der Waals surface area contributed by atoms with Crippen LogP contribution in [-0.2, 0) is 17.9 Å². The highest BCUT2D eigenvalue weighted by Crippen LogP contribution is 2.24. The Hall–Kier alpha value is -3.22. The van der Waals surface area contributed by atoms with Crippen molar-refractivity contribution >= 4 is 11.9 Å². The smallest absolute Gasteiger partial charge is 0.224 e. The minimum Gasteiger partial charge on any atom is -0.497 e. The number of carbonyl (C=O) groups excluding carboxylic acids is 1. The number of carbonyl (C=O) groups is 1. The highest BCUT2D eigenvalue weighted by Gasteiger charge is 2.10. The van der Waals surface area contributed by atoms with Crippen LogP contribution >= 0.6 is 0 Å². The van der Waals surface area contributed by atoms with Crippen molar-refractivity contribution < 1.29 is 14.3 Å². The second-order valence-corrected chi connectivity index (χ2v) is 6.52. The van der Waals surface area contributed by atoms with Crippen molar-refractivity contribution in [1.29, 1.82) is 0 Å². The molecule has 0 atom stereocenters. The van der Waals surface area contributed by atoms with Gasteiger partial charge in [0.15, 0.2) is 5.96 Å². The van der Waals surface area contributed by atoms with Crippen LogP contribution in [0.15, 0.2) is 53.5 Å². The van der Waals surface area contributed by atoms with E-state index in [4.69, 9.17) is 9.47 Å². The van der Waals surface area contributed by atoms with Gasteiger partial charge in [0.25, 0.3) is 0 Å². The lowest BCUT2D eigenvalue weighted by Crippen LogP contribution is -2.39. The zero-order valence-electron chi connectivity index (χ0n) is 17.6. The summed E-state index contributed by atoms with van der Waals surface area (Å²) in [6, 6.07) is 15.6.